The maximum atomic E-state index is 12.8. The van der Waals surface area contributed by atoms with E-state index in [4.69, 9.17) is 5.73 Å². The average Bonchev–Trinajstić information content (AvgIpc) is 2.83. The molecule has 0 heterocycles. The van der Waals surface area contributed by atoms with Gasteiger partial charge in [-0.3, -0.25) is 4.79 Å². The molecular formula is C10H11ClF2N2O. The van der Waals surface area contributed by atoms with Crippen molar-refractivity contribution in [2.75, 3.05) is 5.32 Å². The first-order chi connectivity index (χ1) is 6.99. The molecule has 1 aromatic carbocycles. The molecule has 0 saturated heterocycles. The lowest BCUT2D eigenvalue weighted by atomic mass is 10.2. The van der Waals surface area contributed by atoms with Crippen molar-refractivity contribution in [1.82, 2.24) is 0 Å². The van der Waals surface area contributed by atoms with Crippen LogP contribution in [-0.4, -0.2) is 11.4 Å². The van der Waals surface area contributed by atoms with E-state index < -0.39 is 23.1 Å². The number of hydrogen-bond acceptors (Lipinski definition) is 2. The summed E-state index contributed by atoms with van der Waals surface area (Å²) < 4.78 is 25.5. The van der Waals surface area contributed by atoms with Gasteiger partial charge in [0.1, 0.15) is 11.6 Å². The third-order valence-electron chi connectivity index (χ3n) is 2.36. The van der Waals surface area contributed by atoms with Crippen molar-refractivity contribution in [2.24, 2.45) is 5.73 Å². The molecular weight excluding hydrogens is 238 g/mol. The van der Waals surface area contributed by atoms with Crippen LogP contribution in [0.2, 0.25) is 0 Å². The number of amides is 1. The molecule has 88 valence electrons. The van der Waals surface area contributed by atoms with Crippen LogP contribution in [0.15, 0.2) is 18.2 Å². The van der Waals surface area contributed by atoms with E-state index in [2.05, 4.69) is 5.32 Å². The largest absolute Gasteiger partial charge is 0.324 e. The van der Waals surface area contributed by atoms with Crippen molar-refractivity contribution in [3.05, 3.63) is 29.8 Å². The number of carbonyl (C=O) groups excluding carboxylic acids is 1. The third kappa shape index (κ3) is 2.68. The van der Waals surface area contributed by atoms with E-state index in [9.17, 15) is 13.6 Å². The monoisotopic (exact) mass is 248 g/mol. The van der Waals surface area contributed by atoms with E-state index in [-0.39, 0.29) is 18.1 Å². The quantitative estimate of drug-likeness (QED) is 0.839. The minimum Gasteiger partial charge on any atom is -0.324 e. The van der Waals surface area contributed by atoms with Gasteiger partial charge in [0.15, 0.2) is 0 Å². The van der Waals surface area contributed by atoms with Gasteiger partial charge >= 0.3 is 0 Å². The molecule has 0 unspecified atom stereocenters. The van der Waals surface area contributed by atoms with Crippen LogP contribution in [0.3, 0.4) is 0 Å². The fourth-order valence-electron chi connectivity index (χ4n) is 1.24. The van der Waals surface area contributed by atoms with E-state index in [0.29, 0.717) is 12.8 Å². The first-order valence-corrected chi connectivity index (χ1v) is 4.56. The number of nitrogens with one attached hydrogen (secondary N) is 1. The summed E-state index contributed by atoms with van der Waals surface area (Å²) >= 11 is 0. The zero-order chi connectivity index (χ0) is 11.1. The number of nitrogens with two attached hydrogens (primary N) is 1. The number of hydrogen-bond donors (Lipinski definition) is 2. The van der Waals surface area contributed by atoms with Gasteiger partial charge in [0.05, 0.1) is 5.54 Å². The Labute approximate surface area is 97.4 Å². The van der Waals surface area contributed by atoms with Crippen LogP contribution in [-0.2, 0) is 4.79 Å². The van der Waals surface area contributed by atoms with Crippen molar-refractivity contribution in [1.29, 1.82) is 0 Å². The van der Waals surface area contributed by atoms with Crippen molar-refractivity contribution in [2.45, 2.75) is 18.4 Å². The summed E-state index contributed by atoms with van der Waals surface area (Å²) in [6.07, 6.45) is 1.22. The van der Waals surface area contributed by atoms with Crippen molar-refractivity contribution in [3.8, 4) is 0 Å². The predicted molar refractivity (Wildman–Crippen MR) is 58.4 cm³/mol. The Hall–Kier alpha value is -1.20. The Bertz CT molecular complexity index is 401. The fraction of sp³-hybridized carbons (Fsp3) is 0.300. The van der Waals surface area contributed by atoms with E-state index in [0.717, 1.165) is 18.2 Å². The van der Waals surface area contributed by atoms with Gasteiger partial charge in [-0.05, 0) is 25.0 Å². The Morgan fingerprint density at radius 2 is 1.75 bits per heavy atom. The molecule has 0 radical (unpaired) electrons. The Kier molecular flexibility index (Phi) is 3.50. The molecule has 1 aliphatic carbocycles. The molecule has 0 spiro atoms. The van der Waals surface area contributed by atoms with Gasteiger partial charge in [0.2, 0.25) is 5.91 Å². The lowest BCUT2D eigenvalue weighted by Crippen LogP contribution is -2.37. The molecule has 6 heteroatoms. The van der Waals surface area contributed by atoms with Crippen LogP contribution >= 0.6 is 12.4 Å². The lowest BCUT2D eigenvalue weighted by molar-refractivity contribution is -0.118. The van der Waals surface area contributed by atoms with Gasteiger partial charge in [0.25, 0.3) is 0 Å². The summed E-state index contributed by atoms with van der Waals surface area (Å²) in [6, 6.07) is 2.84. The van der Waals surface area contributed by atoms with Crippen molar-refractivity contribution < 1.29 is 13.6 Å². The fourth-order valence-corrected chi connectivity index (χ4v) is 1.24. The molecule has 0 aliphatic heterocycles. The second-order valence-corrected chi connectivity index (χ2v) is 3.77. The molecule has 0 aromatic heterocycles. The van der Waals surface area contributed by atoms with Gasteiger partial charge in [-0.1, -0.05) is 0 Å². The van der Waals surface area contributed by atoms with Crippen LogP contribution in [0.1, 0.15) is 12.8 Å². The topological polar surface area (TPSA) is 55.1 Å². The second kappa shape index (κ2) is 4.35. The summed E-state index contributed by atoms with van der Waals surface area (Å²) in [5, 5.41) is 2.38. The maximum Gasteiger partial charge on any atom is 0.244 e. The summed E-state index contributed by atoms with van der Waals surface area (Å²) in [5.41, 5.74) is 4.86. The van der Waals surface area contributed by atoms with Gasteiger partial charge in [-0.15, -0.1) is 12.4 Å². The molecule has 1 amide bonds. The van der Waals surface area contributed by atoms with Crippen LogP contribution in [0, 0.1) is 11.6 Å². The molecule has 16 heavy (non-hydrogen) atoms. The molecule has 0 bridgehead atoms. The highest BCUT2D eigenvalue weighted by molar-refractivity contribution is 6.00. The van der Waals surface area contributed by atoms with Crippen molar-refractivity contribution >= 4 is 24.0 Å². The molecule has 3 nitrogen and oxygen atoms in total. The van der Waals surface area contributed by atoms with E-state index in [1.165, 1.54) is 0 Å². The number of carbonyl (C=O) groups is 1. The number of rotatable bonds is 2. The smallest absolute Gasteiger partial charge is 0.244 e. The summed E-state index contributed by atoms with van der Waals surface area (Å²) in [5.74, 6) is -1.85. The molecule has 1 aromatic rings. The number of benzene rings is 1. The molecule has 0 atom stereocenters. The van der Waals surface area contributed by atoms with Gasteiger partial charge < -0.3 is 11.1 Å². The zero-order valence-electron chi connectivity index (χ0n) is 8.30. The third-order valence-corrected chi connectivity index (χ3v) is 2.36. The van der Waals surface area contributed by atoms with Gasteiger partial charge in [-0.2, -0.15) is 0 Å². The highest BCUT2D eigenvalue weighted by Crippen LogP contribution is 2.33. The van der Waals surface area contributed by atoms with Crippen LogP contribution in [0.4, 0.5) is 14.5 Å². The minimum absolute atomic E-state index is 0. The lowest BCUT2D eigenvalue weighted by Gasteiger charge is -2.09. The molecule has 1 aliphatic rings. The highest BCUT2D eigenvalue weighted by atomic mass is 35.5. The van der Waals surface area contributed by atoms with Crippen LogP contribution < -0.4 is 11.1 Å². The predicted octanol–water partition coefficient (Wildman–Crippen LogP) is 1.82. The summed E-state index contributed by atoms with van der Waals surface area (Å²) in [4.78, 5) is 11.4. The van der Waals surface area contributed by atoms with E-state index in [1.54, 1.807) is 0 Å². The minimum atomic E-state index is -0.844. The zero-order valence-corrected chi connectivity index (χ0v) is 9.11. The Balaban J connectivity index is 0.00000128. The average molecular weight is 249 g/mol. The van der Waals surface area contributed by atoms with Gasteiger partial charge in [0, 0.05) is 11.8 Å². The summed E-state index contributed by atoms with van der Waals surface area (Å²) in [7, 11) is 0. The highest BCUT2D eigenvalue weighted by Gasteiger charge is 2.45. The molecule has 3 N–H and O–H groups in total. The molecule has 2 rings (SSSR count). The van der Waals surface area contributed by atoms with Gasteiger partial charge in [-0.25, -0.2) is 8.78 Å². The van der Waals surface area contributed by atoms with Crippen LogP contribution in [0.25, 0.3) is 0 Å². The normalized spacial score (nSPS) is 16.2. The van der Waals surface area contributed by atoms with E-state index in [1.807, 2.05) is 0 Å². The number of anilines is 1. The Morgan fingerprint density at radius 3 is 2.19 bits per heavy atom. The summed E-state index contributed by atoms with van der Waals surface area (Å²) in [6.45, 7) is 0. The SMILES string of the molecule is Cl.NC1(C(=O)Nc2cc(F)cc(F)c2)CC1. The standard InChI is InChI=1S/C10H10F2N2O.ClH/c11-6-3-7(12)5-8(4-6)14-9(15)10(13)1-2-10;/h3-5H,1-2,13H2,(H,14,15);1H. The van der Waals surface area contributed by atoms with E-state index >= 15 is 0 Å². The first-order valence-electron chi connectivity index (χ1n) is 4.56. The first kappa shape index (κ1) is 12.9. The maximum absolute atomic E-state index is 12.8. The van der Waals surface area contributed by atoms with Crippen LogP contribution in [0.5, 0.6) is 0 Å². The second-order valence-electron chi connectivity index (χ2n) is 3.77. The molecule has 1 fully saturated rings. The number of halogens is 3. The Morgan fingerprint density at radius 1 is 1.25 bits per heavy atom. The van der Waals surface area contributed by atoms with Crippen molar-refractivity contribution in [3.63, 3.8) is 0 Å². The molecule has 1 saturated carbocycles.